The molecule has 0 aliphatic carbocycles. The molecule has 0 aromatic heterocycles. The highest BCUT2D eigenvalue weighted by Gasteiger charge is 2.32. The van der Waals surface area contributed by atoms with Crippen LogP contribution in [0.25, 0.3) is 6.08 Å². The normalized spacial score (nSPS) is 15.6. The summed E-state index contributed by atoms with van der Waals surface area (Å²) in [6, 6.07) is 19.5. The molecule has 1 aliphatic rings. The van der Waals surface area contributed by atoms with Gasteiger partial charge in [0.1, 0.15) is 5.82 Å². The van der Waals surface area contributed by atoms with E-state index in [1.807, 2.05) is 53.4 Å². The average Bonchev–Trinajstić information content (AvgIpc) is 2.82. The van der Waals surface area contributed by atoms with E-state index in [0.717, 1.165) is 22.3 Å². The van der Waals surface area contributed by atoms with Crippen LogP contribution >= 0.6 is 0 Å². The Kier molecular flexibility index (Phi) is 6.03. The summed E-state index contributed by atoms with van der Waals surface area (Å²) in [4.78, 5) is 15.0. The summed E-state index contributed by atoms with van der Waals surface area (Å²) in [5.74, 6) is 0.845. The monoisotopic (exact) mass is 417 g/mol. The fourth-order valence-electron chi connectivity index (χ4n) is 4.02. The number of carbonyl (C=O) groups excluding carboxylic acids is 1. The van der Waals surface area contributed by atoms with Crippen LogP contribution in [0.15, 0.2) is 72.8 Å². The van der Waals surface area contributed by atoms with Crippen molar-refractivity contribution >= 4 is 12.0 Å². The summed E-state index contributed by atoms with van der Waals surface area (Å²) < 4.78 is 24.6. The van der Waals surface area contributed by atoms with Gasteiger partial charge in [0.25, 0.3) is 0 Å². The summed E-state index contributed by atoms with van der Waals surface area (Å²) in [7, 11) is 3.19. The molecule has 1 aliphatic heterocycles. The number of carbonyl (C=O) groups is 1. The fraction of sp³-hybridized carbons (Fsp3) is 0.192. The van der Waals surface area contributed by atoms with Crippen LogP contribution in [0.5, 0.6) is 11.5 Å². The topological polar surface area (TPSA) is 38.8 Å². The van der Waals surface area contributed by atoms with Gasteiger partial charge in [-0.1, -0.05) is 42.5 Å². The smallest absolute Gasteiger partial charge is 0.247 e. The maximum absolute atomic E-state index is 13.6. The molecule has 5 heteroatoms. The Morgan fingerprint density at radius 1 is 1.00 bits per heavy atom. The number of nitrogens with zero attached hydrogens (tertiary/aromatic N) is 1. The Morgan fingerprint density at radius 2 is 1.68 bits per heavy atom. The number of hydrogen-bond donors (Lipinski definition) is 0. The Bertz CT molecular complexity index is 1090. The van der Waals surface area contributed by atoms with Gasteiger partial charge >= 0.3 is 0 Å². The number of methoxy groups -OCH3 is 2. The number of hydrogen-bond acceptors (Lipinski definition) is 3. The zero-order valence-corrected chi connectivity index (χ0v) is 17.5. The molecule has 1 atom stereocenters. The van der Waals surface area contributed by atoms with Crippen molar-refractivity contribution in [2.45, 2.75) is 12.5 Å². The highest BCUT2D eigenvalue weighted by Crippen LogP contribution is 2.41. The molecule has 0 spiro atoms. The quantitative estimate of drug-likeness (QED) is 0.547. The maximum Gasteiger partial charge on any atom is 0.247 e. The minimum absolute atomic E-state index is 0.0985. The van der Waals surface area contributed by atoms with Gasteiger partial charge < -0.3 is 14.4 Å². The fourth-order valence-corrected chi connectivity index (χ4v) is 4.02. The number of benzene rings is 3. The molecule has 3 aromatic carbocycles. The van der Waals surface area contributed by atoms with Crippen LogP contribution in [0, 0.1) is 5.82 Å². The molecule has 0 unspecified atom stereocenters. The van der Waals surface area contributed by atoms with Crippen molar-refractivity contribution in [3.05, 3.63) is 101 Å². The summed E-state index contributed by atoms with van der Waals surface area (Å²) in [5, 5.41) is 0. The average molecular weight is 417 g/mol. The van der Waals surface area contributed by atoms with E-state index in [1.165, 1.54) is 12.1 Å². The van der Waals surface area contributed by atoms with Crippen molar-refractivity contribution in [3.63, 3.8) is 0 Å². The SMILES string of the molecule is COc1cc2c(cc1OC)[C@@H](c1ccc(F)cc1)N(C(=O)/C=C/c1ccccc1)CC2. The zero-order chi connectivity index (χ0) is 21.8. The van der Waals surface area contributed by atoms with Gasteiger partial charge in [-0.25, -0.2) is 4.39 Å². The maximum atomic E-state index is 13.6. The zero-order valence-electron chi connectivity index (χ0n) is 17.5. The molecule has 3 aromatic rings. The molecule has 158 valence electrons. The third-order valence-corrected chi connectivity index (χ3v) is 5.56. The molecule has 0 saturated carbocycles. The van der Waals surface area contributed by atoms with E-state index >= 15 is 0 Å². The second-order valence-corrected chi connectivity index (χ2v) is 7.39. The van der Waals surface area contributed by atoms with Gasteiger partial charge in [-0.05, 0) is 59.0 Å². The molecule has 1 heterocycles. The molecule has 4 rings (SSSR count). The standard InChI is InChI=1S/C26H24FNO3/c1-30-23-16-20-14-15-28(25(29)13-8-18-6-4-3-5-7-18)26(22(20)17-24(23)31-2)19-9-11-21(27)12-10-19/h3-13,16-17,26H,14-15H2,1-2H3/b13-8+/t26-/m1/s1. The summed E-state index contributed by atoms with van der Waals surface area (Å²) in [5.41, 5.74) is 3.84. The van der Waals surface area contributed by atoms with E-state index in [4.69, 9.17) is 9.47 Å². The van der Waals surface area contributed by atoms with Crippen LogP contribution in [0.1, 0.15) is 28.3 Å². The van der Waals surface area contributed by atoms with E-state index in [1.54, 1.807) is 32.4 Å². The van der Waals surface area contributed by atoms with E-state index in [2.05, 4.69) is 0 Å². The van der Waals surface area contributed by atoms with Crippen molar-refractivity contribution in [3.8, 4) is 11.5 Å². The number of fused-ring (bicyclic) bond motifs is 1. The minimum atomic E-state index is -0.350. The highest BCUT2D eigenvalue weighted by atomic mass is 19.1. The van der Waals surface area contributed by atoms with Crippen LogP contribution in [0.2, 0.25) is 0 Å². The molecule has 0 saturated heterocycles. The first-order chi connectivity index (χ1) is 15.1. The molecule has 1 amide bonds. The van der Waals surface area contributed by atoms with E-state index in [-0.39, 0.29) is 17.8 Å². The summed E-state index contributed by atoms with van der Waals surface area (Å²) in [6.45, 7) is 0.544. The second-order valence-electron chi connectivity index (χ2n) is 7.39. The van der Waals surface area contributed by atoms with Crippen LogP contribution in [-0.4, -0.2) is 31.6 Å². The number of rotatable bonds is 5. The van der Waals surface area contributed by atoms with Crippen molar-refractivity contribution in [2.75, 3.05) is 20.8 Å². The molecule has 0 N–H and O–H groups in total. The Morgan fingerprint density at radius 3 is 2.35 bits per heavy atom. The number of halogens is 1. The lowest BCUT2D eigenvalue weighted by molar-refractivity contribution is -0.127. The molecule has 0 fully saturated rings. The van der Waals surface area contributed by atoms with Gasteiger partial charge in [-0.15, -0.1) is 0 Å². The van der Waals surface area contributed by atoms with Gasteiger partial charge in [-0.3, -0.25) is 4.79 Å². The second kappa shape index (κ2) is 9.04. The minimum Gasteiger partial charge on any atom is -0.493 e. The van der Waals surface area contributed by atoms with Crippen molar-refractivity contribution in [1.29, 1.82) is 0 Å². The van der Waals surface area contributed by atoms with Crippen molar-refractivity contribution in [1.82, 2.24) is 4.90 Å². The predicted octanol–water partition coefficient (Wildman–Crippen LogP) is 5.03. The Balaban J connectivity index is 1.76. The molecule has 0 radical (unpaired) electrons. The first-order valence-corrected chi connectivity index (χ1v) is 10.1. The van der Waals surface area contributed by atoms with Crippen LogP contribution < -0.4 is 9.47 Å². The van der Waals surface area contributed by atoms with Crippen LogP contribution in [0.4, 0.5) is 4.39 Å². The highest BCUT2D eigenvalue weighted by molar-refractivity contribution is 5.92. The summed E-state index contributed by atoms with van der Waals surface area (Å²) in [6.07, 6.45) is 4.10. The molecule has 4 nitrogen and oxygen atoms in total. The van der Waals surface area contributed by atoms with Crippen LogP contribution in [-0.2, 0) is 11.2 Å². The largest absolute Gasteiger partial charge is 0.493 e. The first kappa shape index (κ1) is 20.7. The van der Waals surface area contributed by atoms with Gasteiger partial charge in [0, 0.05) is 12.6 Å². The third kappa shape index (κ3) is 4.31. The third-order valence-electron chi connectivity index (χ3n) is 5.56. The van der Waals surface area contributed by atoms with E-state index in [0.29, 0.717) is 24.5 Å². The molecule has 31 heavy (non-hydrogen) atoms. The van der Waals surface area contributed by atoms with Gasteiger partial charge in [-0.2, -0.15) is 0 Å². The van der Waals surface area contributed by atoms with Gasteiger partial charge in [0.2, 0.25) is 5.91 Å². The summed E-state index contributed by atoms with van der Waals surface area (Å²) >= 11 is 0. The van der Waals surface area contributed by atoms with E-state index < -0.39 is 0 Å². The van der Waals surface area contributed by atoms with Gasteiger partial charge in [0.05, 0.1) is 20.3 Å². The molecule has 0 bridgehead atoms. The number of ether oxygens (including phenoxy) is 2. The number of amides is 1. The Hall–Kier alpha value is -3.60. The van der Waals surface area contributed by atoms with E-state index in [9.17, 15) is 9.18 Å². The van der Waals surface area contributed by atoms with Gasteiger partial charge in [0.15, 0.2) is 11.5 Å². The lowest BCUT2D eigenvalue weighted by Crippen LogP contribution is -2.39. The van der Waals surface area contributed by atoms with Crippen molar-refractivity contribution < 1.29 is 18.7 Å². The Labute approximate surface area is 181 Å². The first-order valence-electron chi connectivity index (χ1n) is 10.1. The van der Waals surface area contributed by atoms with Crippen LogP contribution in [0.3, 0.4) is 0 Å². The van der Waals surface area contributed by atoms with Crippen molar-refractivity contribution in [2.24, 2.45) is 0 Å². The lowest BCUT2D eigenvalue weighted by Gasteiger charge is -2.37. The lowest BCUT2D eigenvalue weighted by atomic mass is 9.87. The molecular formula is C26H24FNO3. The molecular weight excluding hydrogens is 393 g/mol. The predicted molar refractivity (Wildman–Crippen MR) is 119 cm³/mol.